The minimum Gasteiger partial charge on any atom is -0.385 e. The summed E-state index contributed by atoms with van der Waals surface area (Å²) in [7, 11) is 0. The second-order valence-corrected chi connectivity index (χ2v) is 3.69. The smallest absolute Gasteiger partial charge is 0.385 e. The molecule has 1 aromatic carbocycles. The number of aliphatic hydroxyl groups is 1. The number of rotatable bonds is 1. The normalized spacial score (nSPS) is 19.0. The predicted molar refractivity (Wildman–Crippen MR) is 44.5 cm³/mol. The van der Waals surface area contributed by atoms with Crippen LogP contribution in [0.1, 0.15) is 24.0 Å². The summed E-state index contributed by atoms with van der Waals surface area (Å²) < 4.78 is 50.6. The molecule has 1 N–H and O–H groups in total. The Morgan fingerprint density at radius 2 is 1.80 bits per heavy atom. The summed E-state index contributed by atoms with van der Waals surface area (Å²) >= 11 is 0. The van der Waals surface area contributed by atoms with Gasteiger partial charge in [0, 0.05) is 0 Å². The van der Waals surface area contributed by atoms with Gasteiger partial charge in [-0.05, 0) is 24.5 Å². The minimum atomic E-state index is -4.76. The molecule has 1 nitrogen and oxygen atoms in total. The van der Waals surface area contributed by atoms with E-state index in [2.05, 4.69) is 0 Å². The van der Waals surface area contributed by atoms with Gasteiger partial charge < -0.3 is 5.11 Å². The maximum atomic E-state index is 13.1. The second-order valence-electron chi connectivity index (χ2n) is 3.69. The Morgan fingerprint density at radius 3 is 2.27 bits per heavy atom. The summed E-state index contributed by atoms with van der Waals surface area (Å²) in [6.45, 7) is 0. The fraction of sp³-hybridized carbons (Fsp3) is 0.400. The van der Waals surface area contributed by atoms with E-state index < -0.39 is 23.2 Å². The van der Waals surface area contributed by atoms with Crippen LogP contribution in [-0.2, 0) is 11.8 Å². The zero-order chi connectivity index (χ0) is 11.3. The van der Waals surface area contributed by atoms with Crippen molar-refractivity contribution in [2.75, 3.05) is 0 Å². The first-order valence-electron chi connectivity index (χ1n) is 4.43. The molecule has 0 bridgehead atoms. The van der Waals surface area contributed by atoms with E-state index in [1.807, 2.05) is 0 Å². The van der Waals surface area contributed by atoms with Crippen LogP contribution >= 0.6 is 0 Å². The summed E-state index contributed by atoms with van der Waals surface area (Å²) in [5.74, 6) is -1.33. The van der Waals surface area contributed by atoms with Crippen molar-refractivity contribution in [3.05, 3.63) is 35.1 Å². The van der Waals surface area contributed by atoms with Crippen molar-refractivity contribution < 1.29 is 22.7 Å². The Labute approximate surface area is 83.3 Å². The molecule has 1 aliphatic carbocycles. The van der Waals surface area contributed by atoms with Crippen molar-refractivity contribution in [2.24, 2.45) is 0 Å². The van der Waals surface area contributed by atoms with E-state index >= 15 is 0 Å². The molecule has 0 heterocycles. The van der Waals surface area contributed by atoms with Crippen LogP contribution in [0.25, 0.3) is 0 Å². The topological polar surface area (TPSA) is 20.2 Å². The van der Waals surface area contributed by atoms with Crippen LogP contribution in [-0.4, -0.2) is 5.11 Å². The van der Waals surface area contributed by atoms with Crippen LogP contribution in [0.15, 0.2) is 18.2 Å². The molecule has 1 fully saturated rings. The van der Waals surface area contributed by atoms with Gasteiger partial charge in [-0.3, -0.25) is 0 Å². The number of alkyl halides is 3. The van der Waals surface area contributed by atoms with Gasteiger partial charge in [0.2, 0.25) is 0 Å². The van der Waals surface area contributed by atoms with Gasteiger partial charge in [0.1, 0.15) is 5.82 Å². The Kier molecular flexibility index (Phi) is 2.05. The lowest BCUT2D eigenvalue weighted by Gasteiger charge is -2.17. The quantitative estimate of drug-likeness (QED) is 0.721. The lowest BCUT2D eigenvalue weighted by atomic mass is 10.00. The van der Waals surface area contributed by atoms with E-state index in [1.54, 1.807) is 0 Å². The highest BCUT2D eigenvalue weighted by atomic mass is 19.4. The van der Waals surface area contributed by atoms with Crippen molar-refractivity contribution in [2.45, 2.75) is 24.6 Å². The van der Waals surface area contributed by atoms with E-state index in [9.17, 15) is 22.7 Å². The number of hydrogen-bond donors (Lipinski definition) is 1. The Hall–Kier alpha value is -1.10. The minimum absolute atomic E-state index is 0.250. The summed E-state index contributed by atoms with van der Waals surface area (Å²) in [6.07, 6.45) is -4.27. The van der Waals surface area contributed by atoms with Gasteiger partial charge >= 0.3 is 6.18 Å². The van der Waals surface area contributed by atoms with Gasteiger partial charge in [0.05, 0.1) is 11.2 Å². The van der Waals surface area contributed by atoms with Crippen LogP contribution in [0.4, 0.5) is 17.6 Å². The lowest BCUT2D eigenvalue weighted by Crippen LogP contribution is -2.17. The molecular weight excluding hydrogens is 212 g/mol. The molecule has 1 aromatic rings. The van der Waals surface area contributed by atoms with E-state index in [0.29, 0.717) is 0 Å². The van der Waals surface area contributed by atoms with E-state index in [4.69, 9.17) is 0 Å². The zero-order valence-corrected chi connectivity index (χ0v) is 7.61. The molecule has 1 aliphatic rings. The Morgan fingerprint density at radius 1 is 1.20 bits per heavy atom. The van der Waals surface area contributed by atoms with Crippen LogP contribution in [0, 0.1) is 5.82 Å². The molecule has 5 heteroatoms. The van der Waals surface area contributed by atoms with Crippen molar-refractivity contribution >= 4 is 0 Å². The zero-order valence-electron chi connectivity index (χ0n) is 7.61. The molecule has 0 radical (unpaired) electrons. The Bertz CT molecular complexity index is 393. The van der Waals surface area contributed by atoms with Crippen LogP contribution in [0.5, 0.6) is 0 Å². The van der Waals surface area contributed by atoms with Crippen molar-refractivity contribution in [3.63, 3.8) is 0 Å². The van der Waals surface area contributed by atoms with Crippen molar-refractivity contribution in [3.8, 4) is 0 Å². The fourth-order valence-electron chi connectivity index (χ4n) is 1.59. The number of halogens is 4. The van der Waals surface area contributed by atoms with Gasteiger partial charge in [-0.25, -0.2) is 4.39 Å². The largest absolute Gasteiger partial charge is 0.419 e. The van der Waals surface area contributed by atoms with Gasteiger partial charge in [0.15, 0.2) is 0 Å². The molecule has 82 valence electrons. The summed E-state index contributed by atoms with van der Waals surface area (Å²) in [5.41, 5.74) is -3.17. The summed E-state index contributed by atoms with van der Waals surface area (Å²) in [6, 6.07) is 3.05. The first-order chi connectivity index (χ1) is 6.84. The van der Waals surface area contributed by atoms with E-state index in [-0.39, 0.29) is 18.4 Å². The average Bonchev–Trinajstić information content (AvgIpc) is 2.82. The Balaban J connectivity index is 2.60. The molecule has 0 saturated heterocycles. The first kappa shape index (κ1) is 10.4. The molecule has 1 saturated carbocycles. The molecule has 0 amide bonds. The molecule has 0 spiro atoms. The third-order valence-corrected chi connectivity index (χ3v) is 2.52. The molecule has 15 heavy (non-hydrogen) atoms. The molecule has 2 rings (SSSR count). The lowest BCUT2D eigenvalue weighted by molar-refractivity contribution is -0.141. The van der Waals surface area contributed by atoms with E-state index in [1.165, 1.54) is 6.07 Å². The molecule has 0 atom stereocenters. The highest BCUT2D eigenvalue weighted by Gasteiger charge is 2.49. The standard InChI is InChI=1S/C10H8F4O/c11-7-3-1-2-6(9(15)4-5-9)8(7)10(12,13)14/h1-3,15H,4-5H2. The number of benzene rings is 1. The second kappa shape index (κ2) is 2.95. The maximum absolute atomic E-state index is 13.1. The molecule has 0 unspecified atom stereocenters. The van der Waals surface area contributed by atoms with Crippen molar-refractivity contribution in [1.82, 2.24) is 0 Å². The molecule has 0 aliphatic heterocycles. The first-order valence-corrected chi connectivity index (χ1v) is 4.43. The van der Waals surface area contributed by atoms with Gasteiger partial charge in [-0.1, -0.05) is 12.1 Å². The average molecular weight is 220 g/mol. The predicted octanol–water partition coefficient (Wildman–Crippen LogP) is 2.83. The van der Waals surface area contributed by atoms with Crippen LogP contribution < -0.4 is 0 Å². The molecular formula is C10H8F4O. The van der Waals surface area contributed by atoms with Crippen LogP contribution in [0.2, 0.25) is 0 Å². The van der Waals surface area contributed by atoms with E-state index in [0.717, 1.165) is 12.1 Å². The SMILES string of the molecule is OC1(c2cccc(F)c2C(F)(F)F)CC1. The highest BCUT2D eigenvalue weighted by molar-refractivity contribution is 5.38. The third-order valence-electron chi connectivity index (χ3n) is 2.52. The van der Waals surface area contributed by atoms with Gasteiger partial charge in [-0.2, -0.15) is 13.2 Å². The van der Waals surface area contributed by atoms with Crippen LogP contribution in [0.3, 0.4) is 0 Å². The third kappa shape index (κ3) is 1.71. The van der Waals surface area contributed by atoms with Gasteiger partial charge in [-0.15, -0.1) is 0 Å². The maximum Gasteiger partial charge on any atom is 0.419 e. The summed E-state index contributed by atoms with van der Waals surface area (Å²) in [4.78, 5) is 0. The highest BCUT2D eigenvalue weighted by Crippen LogP contribution is 2.50. The van der Waals surface area contributed by atoms with Crippen molar-refractivity contribution in [1.29, 1.82) is 0 Å². The fourth-order valence-corrected chi connectivity index (χ4v) is 1.59. The monoisotopic (exact) mass is 220 g/mol. The number of hydrogen-bond acceptors (Lipinski definition) is 1. The summed E-state index contributed by atoms with van der Waals surface area (Å²) in [5, 5.41) is 9.60. The molecule has 0 aromatic heterocycles. The van der Waals surface area contributed by atoms with Gasteiger partial charge in [0.25, 0.3) is 0 Å².